The number of rotatable bonds is 16. The summed E-state index contributed by atoms with van der Waals surface area (Å²) < 4.78 is 25.9. The van der Waals surface area contributed by atoms with Crippen molar-refractivity contribution in [1.29, 1.82) is 0 Å². The zero-order valence-electron chi connectivity index (χ0n) is 22.3. The predicted octanol–water partition coefficient (Wildman–Crippen LogP) is 6.01. The van der Waals surface area contributed by atoms with E-state index in [-0.39, 0.29) is 19.6 Å². The van der Waals surface area contributed by atoms with E-state index in [2.05, 4.69) is 0 Å². The molecule has 0 fully saturated rings. The van der Waals surface area contributed by atoms with Gasteiger partial charge in [0, 0.05) is 13.3 Å². The molecule has 2 aromatic rings. The lowest BCUT2D eigenvalue weighted by atomic mass is 9.95. The number of carbonyl (C=O) groups excluding carboxylic acids is 3. The number of benzene rings is 2. The molecule has 2 aromatic carbocycles. The summed E-state index contributed by atoms with van der Waals surface area (Å²) in [5.74, 6) is -2.43. The third-order valence-corrected chi connectivity index (χ3v) is 5.75. The van der Waals surface area contributed by atoms with Gasteiger partial charge in [-0.25, -0.2) is 9.59 Å². The summed E-state index contributed by atoms with van der Waals surface area (Å²) >= 11 is 0. The average Bonchev–Trinajstić information content (AvgIpc) is 2.91. The number of carboxylic acid groups (broad SMARTS) is 1. The molecule has 1 N–H and O–H groups in total. The SMILES string of the molecule is CC(OC(=O)OCc1ccccc1)OC(=O)C(CCCCCCC(=O)O)C(C)OC(=O)OCc1ccccc1. The highest BCUT2D eigenvalue weighted by molar-refractivity contribution is 5.74. The molecule has 0 heterocycles. The Bertz CT molecular complexity index is 1020. The fourth-order valence-corrected chi connectivity index (χ4v) is 3.68. The molecule has 212 valence electrons. The highest BCUT2D eigenvalue weighted by Crippen LogP contribution is 2.21. The van der Waals surface area contributed by atoms with Crippen LogP contribution in [0, 0.1) is 5.92 Å². The molecule has 3 unspecified atom stereocenters. The first-order valence-electron chi connectivity index (χ1n) is 12.9. The lowest BCUT2D eigenvalue weighted by Gasteiger charge is -2.24. The highest BCUT2D eigenvalue weighted by Gasteiger charge is 2.31. The molecule has 0 aromatic heterocycles. The molecule has 10 heteroatoms. The van der Waals surface area contributed by atoms with Gasteiger partial charge in [0.1, 0.15) is 19.3 Å². The van der Waals surface area contributed by atoms with Crippen LogP contribution in [0.2, 0.25) is 0 Å². The first-order valence-corrected chi connectivity index (χ1v) is 12.9. The predicted molar refractivity (Wildman–Crippen MR) is 139 cm³/mol. The maximum atomic E-state index is 13.0. The molecule has 0 aliphatic rings. The van der Waals surface area contributed by atoms with Crippen LogP contribution in [0.5, 0.6) is 0 Å². The fraction of sp³-hybridized carbons (Fsp3) is 0.448. The number of aliphatic carboxylic acids is 1. The Balaban J connectivity index is 1.87. The maximum Gasteiger partial charge on any atom is 0.511 e. The van der Waals surface area contributed by atoms with Crippen molar-refractivity contribution in [1.82, 2.24) is 0 Å². The summed E-state index contributed by atoms with van der Waals surface area (Å²) in [6.07, 6.45) is -1.22. The number of ether oxygens (including phenoxy) is 5. The molecule has 0 saturated heterocycles. The van der Waals surface area contributed by atoms with Gasteiger partial charge in [-0.2, -0.15) is 0 Å². The zero-order chi connectivity index (χ0) is 28.5. The summed E-state index contributed by atoms with van der Waals surface area (Å²) in [5, 5.41) is 8.78. The zero-order valence-corrected chi connectivity index (χ0v) is 22.3. The molecular formula is C29H36O10. The molecule has 0 radical (unpaired) electrons. The molecule has 0 bridgehead atoms. The van der Waals surface area contributed by atoms with Crippen molar-refractivity contribution < 1.29 is 48.0 Å². The minimum absolute atomic E-state index is 0.000804. The van der Waals surface area contributed by atoms with Crippen LogP contribution < -0.4 is 0 Å². The molecule has 3 atom stereocenters. The summed E-state index contributed by atoms with van der Waals surface area (Å²) in [5.41, 5.74) is 1.55. The van der Waals surface area contributed by atoms with Crippen molar-refractivity contribution >= 4 is 24.2 Å². The van der Waals surface area contributed by atoms with Gasteiger partial charge < -0.3 is 28.8 Å². The van der Waals surface area contributed by atoms with Crippen LogP contribution in [-0.2, 0) is 46.5 Å². The second-order valence-corrected chi connectivity index (χ2v) is 8.95. The number of carboxylic acids is 1. The van der Waals surface area contributed by atoms with Gasteiger partial charge >= 0.3 is 24.2 Å². The van der Waals surface area contributed by atoms with Crippen LogP contribution in [0.3, 0.4) is 0 Å². The third-order valence-electron chi connectivity index (χ3n) is 5.75. The van der Waals surface area contributed by atoms with Gasteiger partial charge in [-0.05, 0) is 30.9 Å². The third kappa shape index (κ3) is 13.3. The van der Waals surface area contributed by atoms with Crippen LogP contribution >= 0.6 is 0 Å². The highest BCUT2D eigenvalue weighted by atomic mass is 16.8. The molecule has 0 aliphatic heterocycles. The van der Waals surface area contributed by atoms with Crippen molar-refractivity contribution in [2.45, 2.75) is 78.0 Å². The van der Waals surface area contributed by atoms with Crippen molar-refractivity contribution in [3.63, 3.8) is 0 Å². The summed E-state index contributed by atoms with van der Waals surface area (Å²) in [6, 6.07) is 18.1. The Kier molecular flexibility index (Phi) is 13.9. The number of esters is 1. The molecule has 2 rings (SSSR count). The van der Waals surface area contributed by atoms with E-state index in [1.807, 2.05) is 24.3 Å². The molecule has 0 saturated carbocycles. The Morgan fingerprint density at radius 2 is 1.21 bits per heavy atom. The summed E-state index contributed by atoms with van der Waals surface area (Å²) in [6.45, 7) is 2.95. The molecule has 10 nitrogen and oxygen atoms in total. The van der Waals surface area contributed by atoms with Gasteiger partial charge in [0.15, 0.2) is 0 Å². The van der Waals surface area contributed by atoms with Gasteiger partial charge in [-0.1, -0.05) is 79.9 Å². The van der Waals surface area contributed by atoms with Gasteiger partial charge in [-0.3, -0.25) is 9.59 Å². The lowest BCUT2D eigenvalue weighted by molar-refractivity contribution is -0.177. The standard InChI is InChI=1S/C29H36O10/c1-21(37-28(33)35-19-23-13-7-5-8-14-23)25(17-11-3-4-12-18-26(30)31)27(32)38-22(2)39-29(34)36-20-24-15-9-6-10-16-24/h5-10,13-16,21-22,25H,3-4,11-12,17-20H2,1-2H3,(H,30,31). The number of hydrogen-bond donors (Lipinski definition) is 1. The largest absolute Gasteiger partial charge is 0.511 e. The molecular weight excluding hydrogens is 508 g/mol. The second kappa shape index (κ2) is 17.4. The van der Waals surface area contributed by atoms with Crippen molar-refractivity contribution in [2.75, 3.05) is 0 Å². The van der Waals surface area contributed by atoms with Crippen molar-refractivity contribution in [3.8, 4) is 0 Å². The van der Waals surface area contributed by atoms with Gasteiger partial charge in [0.05, 0.1) is 5.92 Å². The summed E-state index contributed by atoms with van der Waals surface area (Å²) in [7, 11) is 0. The van der Waals surface area contributed by atoms with E-state index in [4.69, 9.17) is 28.8 Å². The van der Waals surface area contributed by atoms with Crippen LogP contribution in [0.15, 0.2) is 60.7 Å². The van der Waals surface area contributed by atoms with Crippen LogP contribution in [0.25, 0.3) is 0 Å². The number of hydrogen-bond acceptors (Lipinski definition) is 9. The van der Waals surface area contributed by atoms with Gasteiger partial charge in [0.2, 0.25) is 6.29 Å². The quantitative estimate of drug-likeness (QED) is 0.116. The Morgan fingerprint density at radius 3 is 1.74 bits per heavy atom. The average molecular weight is 545 g/mol. The van der Waals surface area contributed by atoms with E-state index >= 15 is 0 Å². The first kappa shape index (κ1) is 31.1. The Hall–Kier alpha value is -4.08. The normalized spacial score (nSPS) is 12.9. The minimum atomic E-state index is -1.24. The second-order valence-electron chi connectivity index (χ2n) is 8.95. The molecule has 39 heavy (non-hydrogen) atoms. The first-order chi connectivity index (χ1) is 18.7. The topological polar surface area (TPSA) is 135 Å². The van der Waals surface area contributed by atoms with Gasteiger partial charge in [0.25, 0.3) is 0 Å². The van der Waals surface area contributed by atoms with E-state index in [0.29, 0.717) is 32.1 Å². The van der Waals surface area contributed by atoms with Gasteiger partial charge in [-0.15, -0.1) is 0 Å². The Morgan fingerprint density at radius 1 is 0.692 bits per heavy atom. The van der Waals surface area contributed by atoms with Crippen LogP contribution in [0.4, 0.5) is 9.59 Å². The molecule has 0 aliphatic carbocycles. The Labute approximate surface area is 228 Å². The van der Waals surface area contributed by atoms with Crippen molar-refractivity contribution in [3.05, 3.63) is 71.8 Å². The maximum absolute atomic E-state index is 13.0. The minimum Gasteiger partial charge on any atom is -0.481 e. The van der Waals surface area contributed by atoms with E-state index in [1.54, 1.807) is 43.3 Å². The van der Waals surface area contributed by atoms with E-state index in [1.165, 1.54) is 6.92 Å². The van der Waals surface area contributed by atoms with Crippen LogP contribution in [-0.4, -0.2) is 41.7 Å². The van der Waals surface area contributed by atoms with E-state index < -0.39 is 42.6 Å². The fourth-order valence-electron chi connectivity index (χ4n) is 3.68. The van der Waals surface area contributed by atoms with E-state index in [9.17, 15) is 19.2 Å². The number of carbonyl (C=O) groups is 4. The monoisotopic (exact) mass is 544 g/mol. The van der Waals surface area contributed by atoms with Crippen LogP contribution in [0.1, 0.15) is 63.5 Å². The van der Waals surface area contributed by atoms with Crippen molar-refractivity contribution in [2.24, 2.45) is 5.92 Å². The smallest absolute Gasteiger partial charge is 0.481 e. The number of unbranched alkanes of at least 4 members (excludes halogenated alkanes) is 3. The molecule has 0 amide bonds. The van der Waals surface area contributed by atoms with E-state index in [0.717, 1.165) is 11.1 Å². The lowest BCUT2D eigenvalue weighted by Crippen LogP contribution is -2.34. The molecule has 0 spiro atoms. The summed E-state index contributed by atoms with van der Waals surface area (Å²) in [4.78, 5) is 47.9.